The first-order valence-corrected chi connectivity index (χ1v) is 8.29. The van der Waals surface area contributed by atoms with E-state index in [0.717, 1.165) is 12.1 Å². The number of halogens is 3. The summed E-state index contributed by atoms with van der Waals surface area (Å²) in [6, 6.07) is 7.66. The van der Waals surface area contributed by atoms with E-state index in [1.54, 1.807) is 6.07 Å². The number of alkyl halides is 3. The van der Waals surface area contributed by atoms with Gasteiger partial charge in [0.05, 0.1) is 32.5 Å². The Kier molecular flexibility index (Phi) is 5.23. The molecule has 0 saturated carbocycles. The van der Waals surface area contributed by atoms with Crippen LogP contribution in [0.2, 0.25) is 0 Å². The van der Waals surface area contributed by atoms with Gasteiger partial charge >= 0.3 is 18.1 Å². The van der Waals surface area contributed by atoms with Gasteiger partial charge < -0.3 is 19.2 Å². The lowest BCUT2D eigenvalue weighted by Crippen LogP contribution is -2.10. The van der Waals surface area contributed by atoms with Gasteiger partial charge in [0.15, 0.2) is 0 Å². The highest BCUT2D eigenvalue weighted by atomic mass is 19.4. The van der Waals surface area contributed by atoms with Crippen molar-refractivity contribution < 1.29 is 37.0 Å². The molecule has 0 radical (unpaired) electrons. The van der Waals surface area contributed by atoms with E-state index in [9.17, 15) is 22.8 Å². The normalized spacial score (nSPS) is 11.4. The number of benzene rings is 2. The predicted molar refractivity (Wildman–Crippen MR) is 98.0 cm³/mol. The van der Waals surface area contributed by atoms with Gasteiger partial charge in [0, 0.05) is 16.5 Å². The molecule has 1 N–H and O–H groups in total. The van der Waals surface area contributed by atoms with Crippen molar-refractivity contribution in [3.8, 4) is 16.9 Å². The van der Waals surface area contributed by atoms with Gasteiger partial charge in [0.25, 0.3) is 0 Å². The molecule has 1 aromatic heterocycles. The fourth-order valence-corrected chi connectivity index (χ4v) is 3.02. The van der Waals surface area contributed by atoms with Crippen LogP contribution in [0.15, 0.2) is 36.4 Å². The van der Waals surface area contributed by atoms with Crippen LogP contribution in [0.5, 0.6) is 5.75 Å². The smallest absolute Gasteiger partial charge is 0.416 e. The standard InChI is InChI=1S/C20H16F3NO5/c1-27-15-9-13-14(24-17(19(26)29-3)16(13)18(25)28-2)8-12(15)10-4-6-11(7-5-10)20(21,22)23/h4-9,24H,1-3H3. The lowest BCUT2D eigenvalue weighted by atomic mass is 10.00. The Hall–Kier alpha value is -3.49. The minimum atomic E-state index is -4.45. The lowest BCUT2D eigenvalue weighted by Gasteiger charge is -2.11. The van der Waals surface area contributed by atoms with Crippen molar-refractivity contribution >= 4 is 22.8 Å². The monoisotopic (exact) mass is 407 g/mol. The molecule has 152 valence electrons. The molecule has 0 fully saturated rings. The molecule has 0 aliphatic rings. The third-order valence-corrected chi connectivity index (χ3v) is 4.42. The minimum absolute atomic E-state index is 0.0216. The second-order valence-corrected chi connectivity index (χ2v) is 6.03. The number of methoxy groups -OCH3 is 3. The topological polar surface area (TPSA) is 77.6 Å². The van der Waals surface area contributed by atoms with Crippen LogP contribution < -0.4 is 4.74 Å². The number of fused-ring (bicyclic) bond motifs is 1. The second kappa shape index (κ2) is 7.50. The number of carbonyl (C=O) groups is 2. The van der Waals surface area contributed by atoms with E-state index in [1.165, 1.54) is 39.5 Å². The van der Waals surface area contributed by atoms with Crippen molar-refractivity contribution in [1.29, 1.82) is 0 Å². The van der Waals surface area contributed by atoms with Crippen LogP contribution in [0, 0.1) is 0 Å². The largest absolute Gasteiger partial charge is 0.496 e. The zero-order valence-electron chi connectivity index (χ0n) is 15.6. The number of hydrogen-bond donors (Lipinski definition) is 1. The summed E-state index contributed by atoms with van der Waals surface area (Å²) in [6.07, 6.45) is -4.45. The second-order valence-electron chi connectivity index (χ2n) is 6.03. The summed E-state index contributed by atoms with van der Waals surface area (Å²) in [6.45, 7) is 0. The molecule has 0 unspecified atom stereocenters. The van der Waals surface area contributed by atoms with E-state index >= 15 is 0 Å². The van der Waals surface area contributed by atoms with Crippen molar-refractivity contribution in [3.05, 3.63) is 53.2 Å². The number of rotatable bonds is 4. The van der Waals surface area contributed by atoms with Crippen molar-refractivity contribution in [3.63, 3.8) is 0 Å². The summed E-state index contributed by atoms with van der Waals surface area (Å²) in [5.41, 5.74) is 0.435. The molecule has 0 saturated heterocycles. The molecule has 0 aliphatic carbocycles. The molecule has 0 atom stereocenters. The molecule has 6 nitrogen and oxygen atoms in total. The number of aromatic amines is 1. The quantitative estimate of drug-likeness (QED) is 0.648. The molecule has 3 rings (SSSR count). The molecule has 29 heavy (non-hydrogen) atoms. The summed E-state index contributed by atoms with van der Waals surface area (Å²) in [5, 5.41) is 0.352. The third-order valence-electron chi connectivity index (χ3n) is 4.42. The zero-order chi connectivity index (χ0) is 21.3. The van der Waals surface area contributed by atoms with Crippen molar-refractivity contribution in [2.45, 2.75) is 6.18 Å². The van der Waals surface area contributed by atoms with Crippen LogP contribution in [-0.2, 0) is 15.7 Å². The third kappa shape index (κ3) is 3.63. The first-order chi connectivity index (χ1) is 13.7. The van der Waals surface area contributed by atoms with E-state index in [-0.39, 0.29) is 11.3 Å². The van der Waals surface area contributed by atoms with Crippen molar-refractivity contribution in [2.75, 3.05) is 21.3 Å². The van der Waals surface area contributed by atoms with Crippen LogP contribution in [0.3, 0.4) is 0 Å². The Morgan fingerprint density at radius 3 is 2.07 bits per heavy atom. The van der Waals surface area contributed by atoms with E-state index < -0.39 is 23.7 Å². The Labute approximate surface area is 163 Å². The molecule has 0 spiro atoms. The fourth-order valence-electron chi connectivity index (χ4n) is 3.02. The summed E-state index contributed by atoms with van der Waals surface area (Å²) in [7, 11) is 3.74. The van der Waals surface area contributed by atoms with E-state index in [0.29, 0.717) is 27.8 Å². The Morgan fingerprint density at radius 2 is 1.55 bits per heavy atom. The molecule has 2 aromatic carbocycles. The maximum absolute atomic E-state index is 12.8. The summed E-state index contributed by atoms with van der Waals surface area (Å²) >= 11 is 0. The molecular weight excluding hydrogens is 391 g/mol. The number of aromatic nitrogens is 1. The van der Waals surface area contributed by atoms with Crippen LogP contribution in [-0.4, -0.2) is 38.3 Å². The van der Waals surface area contributed by atoms with Gasteiger partial charge in [0.2, 0.25) is 0 Å². The highest BCUT2D eigenvalue weighted by Gasteiger charge is 2.30. The van der Waals surface area contributed by atoms with E-state index in [1.807, 2.05) is 0 Å². The number of esters is 2. The maximum atomic E-state index is 12.8. The molecule has 9 heteroatoms. The van der Waals surface area contributed by atoms with Crippen LogP contribution in [0.1, 0.15) is 26.4 Å². The Balaban J connectivity index is 2.22. The highest BCUT2D eigenvalue weighted by molar-refractivity contribution is 6.13. The number of H-pyrrole nitrogens is 1. The van der Waals surface area contributed by atoms with Gasteiger partial charge in [-0.1, -0.05) is 12.1 Å². The van der Waals surface area contributed by atoms with E-state index in [4.69, 9.17) is 14.2 Å². The number of hydrogen-bond acceptors (Lipinski definition) is 5. The van der Waals surface area contributed by atoms with Crippen molar-refractivity contribution in [1.82, 2.24) is 4.98 Å². The number of ether oxygens (including phenoxy) is 3. The van der Waals surface area contributed by atoms with Crippen molar-refractivity contribution in [2.24, 2.45) is 0 Å². The molecule has 0 aliphatic heterocycles. The van der Waals surface area contributed by atoms with Crippen LogP contribution >= 0.6 is 0 Å². The molecule has 0 amide bonds. The Bertz CT molecular complexity index is 1080. The van der Waals surface area contributed by atoms with Gasteiger partial charge in [0.1, 0.15) is 11.4 Å². The highest BCUT2D eigenvalue weighted by Crippen LogP contribution is 2.38. The number of carbonyl (C=O) groups excluding carboxylic acids is 2. The van der Waals surface area contributed by atoms with Crippen LogP contribution in [0.4, 0.5) is 13.2 Å². The molecule has 3 aromatic rings. The van der Waals surface area contributed by atoms with Gasteiger partial charge in [-0.2, -0.15) is 13.2 Å². The Morgan fingerprint density at radius 1 is 0.931 bits per heavy atom. The molecular formula is C20H16F3NO5. The molecule has 0 bridgehead atoms. The zero-order valence-corrected chi connectivity index (χ0v) is 15.6. The average Bonchev–Trinajstić information content (AvgIpc) is 3.09. The summed E-state index contributed by atoms with van der Waals surface area (Å²) in [5.74, 6) is -1.21. The maximum Gasteiger partial charge on any atom is 0.416 e. The summed E-state index contributed by atoms with van der Waals surface area (Å²) < 4.78 is 53.3. The fraction of sp³-hybridized carbons (Fsp3) is 0.200. The first-order valence-electron chi connectivity index (χ1n) is 8.29. The van der Waals surface area contributed by atoms with Gasteiger partial charge in [-0.15, -0.1) is 0 Å². The first kappa shape index (κ1) is 20.2. The molecule has 1 heterocycles. The average molecular weight is 407 g/mol. The lowest BCUT2D eigenvalue weighted by molar-refractivity contribution is -0.137. The van der Waals surface area contributed by atoms with Crippen LogP contribution in [0.25, 0.3) is 22.0 Å². The van der Waals surface area contributed by atoms with Gasteiger partial charge in [-0.25, -0.2) is 9.59 Å². The van der Waals surface area contributed by atoms with Gasteiger partial charge in [-0.3, -0.25) is 0 Å². The SMILES string of the molecule is COC(=O)c1[nH]c2cc(-c3ccc(C(F)(F)F)cc3)c(OC)cc2c1C(=O)OC. The minimum Gasteiger partial charge on any atom is -0.496 e. The summed E-state index contributed by atoms with van der Waals surface area (Å²) in [4.78, 5) is 27.1. The van der Waals surface area contributed by atoms with Gasteiger partial charge in [-0.05, 0) is 29.8 Å². The van der Waals surface area contributed by atoms with E-state index in [2.05, 4.69) is 4.98 Å². The predicted octanol–water partition coefficient (Wildman–Crippen LogP) is 4.44. The number of nitrogens with one attached hydrogen (secondary N) is 1.